The van der Waals surface area contributed by atoms with Crippen molar-refractivity contribution < 1.29 is 14.3 Å². The van der Waals surface area contributed by atoms with Gasteiger partial charge in [-0.25, -0.2) is 0 Å². The number of hydrogen-bond donors (Lipinski definition) is 1. The topological polar surface area (TPSA) is 47.6 Å². The van der Waals surface area contributed by atoms with Crippen LogP contribution in [-0.2, 0) is 17.6 Å². The first-order valence-corrected chi connectivity index (χ1v) is 7.87. The molecule has 0 radical (unpaired) electrons. The fourth-order valence-electron chi connectivity index (χ4n) is 2.81. The van der Waals surface area contributed by atoms with Crippen molar-refractivity contribution in [2.75, 3.05) is 13.7 Å². The number of carbonyl (C=O) groups excluding carboxylic acids is 1. The maximum atomic E-state index is 12.2. The minimum absolute atomic E-state index is 0.0442. The second-order valence-corrected chi connectivity index (χ2v) is 5.74. The predicted octanol–water partition coefficient (Wildman–Crippen LogP) is 2.75. The summed E-state index contributed by atoms with van der Waals surface area (Å²) < 4.78 is 10.9. The Labute approximate surface area is 136 Å². The number of hydrogen-bond acceptors (Lipinski definition) is 3. The van der Waals surface area contributed by atoms with Crippen molar-refractivity contribution in [3.63, 3.8) is 0 Å². The third-order valence-corrected chi connectivity index (χ3v) is 4.02. The quantitative estimate of drug-likeness (QED) is 0.923. The highest BCUT2D eigenvalue weighted by atomic mass is 16.5. The van der Waals surface area contributed by atoms with E-state index in [4.69, 9.17) is 9.47 Å². The van der Waals surface area contributed by atoms with Crippen LogP contribution in [0.2, 0.25) is 0 Å². The Balaban J connectivity index is 1.50. The Morgan fingerprint density at radius 1 is 1.26 bits per heavy atom. The van der Waals surface area contributed by atoms with Gasteiger partial charge in [0.25, 0.3) is 0 Å². The summed E-state index contributed by atoms with van der Waals surface area (Å²) >= 11 is 0. The third-order valence-electron chi connectivity index (χ3n) is 4.02. The van der Waals surface area contributed by atoms with Crippen LogP contribution >= 0.6 is 0 Å². The Kier molecular flexibility index (Phi) is 4.81. The van der Waals surface area contributed by atoms with Crippen LogP contribution in [0.4, 0.5) is 0 Å². The van der Waals surface area contributed by atoms with Crippen LogP contribution in [0.3, 0.4) is 0 Å². The van der Waals surface area contributed by atoms with Gasteiger partial charge in [-0.2, -0.15) is 0 Å². The van der Waals surface area contributed by atoms with Gasteiger partial charge in [-0.3, -0.25) is 4.79 Å². The molecule has 3 rings (SSSR count). The number of ether oxygens (including phenoxy) is 2. The molecule has 0 aliphatic carbocycles. The first-order chi connectivity index (χ1) is 11.2. The summed E-state index contributed by atoms with van der Waals surface area (Å²) in [5, 5.41) is 3.06. The summed E-state index contributed by atoms with van der Waals surface area (Å²) in [5.74, 6) is 1.80. The number of aryl methyl sites for hydroxylation is 1. The van der Waals surface area contributed by atoms with Gasteiger partial charge in [-0.15, -0.1) is 0 Å². The molecule has 0 aromatic heterocycles. The third kappa shape index (κ3) is 4.03. The molecule has 1 aliphatic heterocycles. The number of para-hydroxylation sites is 1. The normalized spacial score (nSPS) is 16.1. The fourth-order valence-corrected chi connectivity index (χ4v) is 2.81. The Bertz CT molecular complexity index is 684. The average Bonchev–Trinajstić information content (AvgIpc) is 2.60. The van der Waals surface area contributed by atoms with Crippen molar-refractivity contribution in [2.45, 2.75) is 25.3 Å². The van der Waals surface area contributed by atoms with Gasteiger partial charge in [-0.1, -0.05) is 30.3 Å². The SMILES string of the molecule is COc1cccc(CCC(=O)NC2COc3ccccc3C2)c1. The molecular formula is C19H21NO3. The van der Waals surface area contributed by atoms with Crippen molar-refractivity contribution >= 4 is 5.91 Å². The predicted molar refractivity (Wildman–Crippen MR) is 88.9 cm³/mol. The molecular weight excluding hydrogens is 290 g/mol. The first kappa shape index (κ1) is 15.4. The van der Waals surface area contributed by atoms with E-state index in [0.29, 0.717) is 19.4 Å². The lowest BCUT2D eigenvalue weighted by atomic mass is 10.0. The summed E-state index contributed by atoms with van der Waals surface area (Å²) in [4.78, 5) is 12.2. The maximum absolute atomic E-state index is 12.2. The molecule has 4 nitrogen and oxygen atoms in total. The van der Waals surface area contributed by atoms with E-state index < -0.39 is 0 Å². The van der Waals surface area contributed by atoms with Crippen LogP contribution in [0.25, 0.3) is 0 Å². The van der Waals surface area contributed by atoms with E-state index >= 15 is 0 Å². The number of rotatable bonds is 5. The highest BCUT2D eigenvalue weighted by Gasteiger charge is 2.20. The Hall–Kier alpha value is -2.49. The molecule has 1 amide bonds. The van der Waals surface area contributed by atoms with E-state index in [1.807, 2.05) is 48.5 Å². The lowest BCUT2D eigenvalue weighted by Crippen LogP contribution is -2.42. The van der Waals surface area contributed by atoms with E-state index in [2.05, 4.69) is 5.32 Å². The lowest BCUT2D eigenvalue weighted by Gasteiger charge is -2.26. The van der Waals surface area contributed by atoms with Crippen LogP contribution in [-0.4, -0.2) is 25.7 Å². The molecule has 4 heteroatoms. The lowest BCUT2D eigenvalue weighted by molar-refractivity contribution is -0.122. The smallest absolute Gasteiger partial charge is 0.220 e. The Morgan fingerprint density at radius 3 is 3.00 bits per heavy atom. The monoisotopic (exact) mass is 311 g/mol. The number of fused-ring (bicyclic) bond motifs is 1. The zero-order valence-electron chi connectivity index (χ0n) is 13.2. The average molecular weight is 311 g/mol. The van der Waals surface area contributed by atoms with Gasteiger partial charge in [0, 0.05) is 6.42 Å². The number of benzene rings is 2. The summed E-state index contributed by atoms with van der Waals surface area (Å²) in [6.45, 7) is 0.530. The zero-order chi connectivity index (χ0) is 16.1. The van der Waals surface area contributed by atoms with E-state index in [1.54, 1.807) is 7.11 Å². The number of methoxy groups -OCH3 is 1. The van der Waals surface area contributed by atoms with Crippen molar-refractivity contribution in [3.05, 3.63) is 59.7 Å². The molecule has 0 saturated heterocycles. The fraction of sp³-hybridized carbons (Fsp3) is 0.316. The van der Waals surface area contributed by atoms with Crippen LogP contribution in [0.5, 0.6) is 11.5 Å². The zero-order valence-corrected chi connectivity index (χ0v) is 13.2. The second-order valence-electron chi connectivity index (χ2n) is 5.74. The van der Waals surface area contributed by atoms with Gasteiger partial charge in [-0.05, 0) is 42.2 Å². The number of carbonyl (C=O) groups is 1. The summed E-state index contributed by atoms with van der Waals surface area (Å²) in [5.41, 5.74) is 2.25. The molecule has 0 fully saturated rings. The molecule has 1 unspecified atom stereocenters. The van der Waals surface area contributed by atoms with Crippen molar-refractivity contribution in [3.8, 4) is 11.5 Å². The molecule has 1 atom stereocenters. The highest BCUT2D eigenvalue weighted by molar-refractivity contribution is 5.76. The molecule has 1 N–H and O–H groups in total. The van der Waals surface area contributed by atoms with Gasteiger partial charge >= 0.3 is 0 Å². The second kappa shape index (κ2) is 7.18. The molecule has 1 heterocycles. The largest absolute Gasteiger partial charge is 0.497 e. The van der Waals surface area contributed by atoms with E-state index in [-0.39, 0.29) is 11.9 Å². The van der Waals surface area contributed by atoms with E-state index in [1.165, 1.54) is 0 Å². The van der Waals surface area contributed by atoms with Crippen LogP contribution < -0.4 is 14.8 Å². The summed E-state index contributed by atoms with van der Waals surface area (Å²) in [6, 6.07) is 15.8. The number of nitrogens with one attached hydrogen (secondary N) is 1. The molecule has 2 aromatic rings. The molecule has 0 bridgehead atoms. The van der Waals surface area contributed by atoms with Crippen molar-refractivity contribution in [2.24, 2.45) is 0 Å². The minimum Gasteiger partial charge on any atom is -0.497 e. The molecule has 23 heavy (non-hydrogen) atoms. The van der Waals surface area contributed by atoms with Gasteiger partial charge in [0.1, 0.15) is 18.1 Å². The summed E-state index contributed by atoms with van der Waals surface area (Å²) in [6.07, 6.45) is 1.99. The van der Waals surface area contributed by atoms with Gasteiger partial charge < -0.3 is 14.8 Å². The van der Waals surface area contributed by atoms with Crippen LogP contribution in [0, 0.1) is 0 Å². The molecule has 1 aliphatic rings. The molecule has 2 aromatic carbocycles. The minimum atomic E-state index is 0.0442. The van der Waals surface area contributed by atoms with Crippen LogP contribution in [0.15, 0.2) is 48.5 Å². The van der Waals surface area contributed by atoms with Crippen molar-refractivity contribution in [1.82, 2.24) is 5.32 Å². The van der Waals surface area contributed by atoms with Crippen LogP contribution in [0.1, 0.15) is 17.5 Å². The Morgan fingerprint density at radius 2 is 2.13 bits per heavy atom. The molecule has 120 valence electrons. The van der Waals surface area contributed by atoms with E-state index in [9.17, 15) is 4.79 Å². The molecule has 0 spiro atoms. The van der Waals surface area contributed by atoms with Gasteiger partial charge in [0.2, 0.25) is 5.91 Å². The van der Waals surface area contributed by atoms with Gasteiger partial charge in [0.15, 0.2) is 0 Å². The van der Waals surface area contributed by atoms with Gasteiger partial charge in [0.05, 0.1) is 13.2 Å². The first-order valence-electron chi connectivity index (χ1n) is 7.87. The standard InChI is InChI=1S/C19H21NO3/c1-22-17-7-4-5-14(11-17)9-10-19(21)20-16-12-15-6-2-3-8-18(15)23-13-16/h2-8,11,16H,9-10,12-13H2,1H3,(H,20,21). The van der Waals surface area contributed by atoms with E-state index in [0.717, 1.165) is 29.0 Å². The highest BCUT2D eigenvalue weighted by Crippen LogP contribution is 2.24. The molecule has 0 saturated carbocycles. The number of amides is 1. The van der Waals surface area contributed by atoms with Crippen molar-refractivity contribution in [1.29, 1.82) is 0 Å². The summed E-state index contributed by atoms with van der Waals surface area (Å²) in [7, 11) is 1.65. The maximum Gasteiger partial charge on any atom is 0.220 e.